The molecule has 0 atom stereocenters. The molecule has 0 saturated carbocycles. The lowest BCUT2D eigenvalue weighted by Gasteiger charge is -2.23. The van der Waals surface area contributed by atoms with Gasteiger partial charge in [-0.25, -0.2) is 14.2 Å². The van der Waals surface area contributed by atoms with Crippen LogP contribution in [0, 0.1) is 22.6 Å². The number of aromatic nitrogens is 2. The number of carbonyl (C=O) groups is 2. The fourth-order valence-corrected chi connectivity index (χ4v) is 3.70. The Morgan fingerprint density at radius 1 is 1.14 bits per heavy atom. The molecule has 37 heavy (non-hydrogen) atoms. The van der Waals surface area contributed by atoms with Gasteiger partial charge in [-0.1, -0.05) is 20.8 Å². The molecule has 0 saturated heterocycles. The van der Waals surface area contributed by atoms with E-state index in [1.807, 2.05) is 32.9 Å². The molecular formula is C27H33FN6O3. The number of anilines is 3. The standard InChI is InChI=1S/C27H33FN6O3/c1-26(2,3)15-23(35)33(6)19-8-10-22-21(14-19)31-24(34(22)12-11-27(4,5)37)32-25(36)30-18-7-9-20(28)17(13-18)16-29/h7-10,13-14,37H,11-12,15H2,1-6H3,(H2,30,31,32,36). The Bertz CT molecular complexity index is 1360. The minimum absolute atomic E-state index is 0.0259. The molecule has 0 bridgehead atoms. The molecule has 0 aliphatic rings. The van der Waals surface area contributed by atoms with Crippen LogP contribution in [0.2, 0.25) is 0 Å². The van der Waals surface area contributed by atoms with Crippen molar-refractivity contribution >= 4 is 40.3 Å². The second-order valence-corrected chi connectivity index (χ2v) is 10.9. The van der Waals surface area contributed by atoms with Gasteiger partial charge in [-0.15, -0.1) is 0 Å². The van der Waals surface area contributed by atoms with Crippen LogP contribution in [0.25, 0.3) is 11.0 Å². The fourth-order valence-electron chi connectivity index (χ4n) is 3.70. The number of urea groups is 1. The van der Waals surface area contributed by atoms with Gasteiger partial charge in [0, 0.05) is 31.4 Å². The van der Waals surface area contributed by atoms with Gasteiger partial charge in [0.2, 0.25) is 11.9 Å². The van der Waals surface area contributed by atoms with Gasteiger partial charge in [0.1, 0.15) is 11.9 Å². The van der Waals surface area contributed by atoms with Crippen molar-refractivity contribution in [3.05, 3.63) is 47.8 Å². The summed E-state index contributed by atoms with van der Waals surface area (Å²) in [6, 6.07) is 10.2. The number of nitrogens with zero attached hydrogens (tertiary/aromatic N) is 4. The predicted octanol–water partition coefficient (Wildman–Crippen LogP) is 5.25. The minimum Gasteiger partial charge on any atom is -0.390 e. The van der Waals surface area contributed by atoms with Gasteiger partial charge in [-0.05, 0) is 62.1 Å². The van der Waals surface area contributed by atoms with Crippen LogP contribution in [0.1, 0.15) is 53.0 Å². The highest BCUT2D eigenvalue weighted by Crippen LogP contribution is 2.28. The van der Waals surface area contributed by atoms with Gasteiger partial charge in [0.25, 0.3) is 0 Å². The molecule has 3 N–H and O–H groups in total. The molecule has 0 aliphatic carbocycles. The number of hydrogen-bond donors (Lipinski definition) is 3. The number of aryl methyl sites for hydroxylation is 1. The lowest BCUT2D eigenvalue weighted by atomic mass is 9.91. The summed E-state index contributed by atoms with van der Waals surface area (Å²) in [7, 11) is 1.71. The normalized spacial score (nSPS) is 11.8. The Balaban J connectivity index is 1.91. The van der Waals surface area contributed by atoms with Crippen LogP contribution < -0.4 is 15.5 Å². The number of nitrogens with one attached hydrogen (secondary N) is 2. The lowest BCUT2D eigenvalue weighted by Crippen LogP contribution is -2.29. The van der Waals surface area contributed by atoms with Crippen molar-refractivity contribution in [1.29, 1.82) is 5.26 Å². The van der Waals surface area contributed by atoms with E-state index in [-0.39, 0.29) is 28.5 Å². The molecular weight excluding hydrogens is 475 g/mol. The average molecular weight is 509 g/mol. The maximum Gasteiger partial charge on any atom is 0.326 e. The van der Waals surface area contributed by atoms with Crippen molar-refractivity contribution in [3.8, 4) is 6.07 Å². The van der Waals surface area contributed by atoms with Crippen LogP contribution in [0.3, 0.4) is 0 Å². The van der Waals surface area contributed by atoms with E-state index in [9.17, 15) is 19.1 Å². The molecule has 3 amide bonds. The van der Waals surface area contributed by atoms with Crippen LogP contribution >= 0.6 is 0 Å². The van der Waals surface area contributed by atoms with Gasteiger partial charge in [0.15, 0.2) is 0 Å². The number of amides is 3. The molecule has 3 aromatic rings. The van der Waals surface area contributed by atoms with Crippen molar-refractivity contribution in [2.24, 2.45) is 5.41 Å². The summed E-state index contributed by atoms with van der Waals surface area (Å²) in [6.45, 7) is 9.76. The topological polar surface area (TPSA) is 123 Å². The Morgan fingerprint density at radius 3 is 2.46 bits per heavy atom. The quantitative estimate of drug-likeness (QED) is 0.402. The minimum atomic E-state index is -0.947. The van der Waals surface area contributed by atoms with E-state index < -0.39 is 17.4 Å². The SMILES string of the molecule is CN(C(=O)CC(C)(C)C)c1ccc2c(c1)nc(NC(=O)Nc1ccc(F)c(C#N)c1)n2CCC(C)(C)O. The van der Waals surface area contributed by atoms with E-state index in [1.165, 1.54) is 12.1 Å². The molecule has 196 valence electrons. The number of fused-ring (bicyclic) bond motifs is 1. The summed E-state index contributed by atoms with van der Waals surface area (Å²) in [6.07, 6.45) is 0.773. The molecule has 2 aromatic carbocycles. The molecule has 1 heterocycles. The zero-order chi connectivity index (χ0) is 27.5. The maximum atomic E-state index is 13.6. The molecule has 0 fully saturated rings. The molecule has 9 nitrogen and oxygen atoms in total. The van der Waals surface area contributed by atoms with Crippen molar-refractivity contribution < 1.29 is 19.1 Å². The molecule has 0 unspecified atom stereocenters. The second kappa shape index (κ2) is 10.6. The second-order valence-electron chi connectivity index (χ2n) is 10.9. The van der Waals surface area contributed by atoms with Crippen LogP contribution in [-0.4, -0.2) is 39.2 Å². The molecule has 1 aromatic heterocycles. The summed E-state index contributed by atoms with van der Waals surface area (Å²) in [5, 5.41) is 24.6. The monoisotopic (exact) mass is 508 g/mol. The molecule has 0 aliphatic heterocycles. The number of benzene rings is 2. The van der Waals surface area contributed by atoms with E-state index in [1.54, 1.807) is 42.5 Å². The first-order valence-corrected chi connectivity index (χ1v) is 11.9. The zero-order valence-corrected chi connectivity index (χ0v) is 22.0. The number of imidazole rings is 1. The van der Waals surface area contributed by atoms with Crippen molar-refractivity contribution in [1.82, 2.24) is 9.55 Å². The van der Waals surface area contributed by atoms with E-state index >= 15 is 0 Å². The van der Waals surface area contributed by atoms with Crippen LogP contribution in [-0.2, 0) is 11.3 Å². The number of halogens is 1. The summed E-state index contributed by atoms with van der Waals surface area (Å²) in [4.78, 5) is 31.6. The fraction of sp³-hybridized carbons (Fsp3) is 0.407. The van der Waals surface area contributed by atoms with E-state index in [4.69, 9.17) is 5.26 Å². The molecule has 0 radical (unpaired) electrons. The third kappa shape index (κ3) is 7.27. The summed E-state index contributed by atoms with van der Waals surface area (Å²) < 4.78 is 15.4. The highest BCUT2D eigenvalue weighted by molar-refractivity contribution is 6.00. The molecule has 3 rings (SSSR count). The number of rotatable bonds is 7. The number of nitriles is 1. The van der Waals surface area contributed by atoms with E-state index in [0.717, 1.165) is 6.07 Å². The summed E-state index contributed by atoms with van der Waals surface area (Å²) >= 11 is 0. The zero-order valence-electron chi connectivity index (χ0n) is 22.0. The third-order valence-corrected chi connectivity index (χ3v) is 5.69. The smallest absolute Gasteiger partial charge is 0.326 e. The Kier molecular flexibility index (Phi) is 7.88. The Labute approximate surface area is 215 Å². The van der Waals surface area contributed by atoms with E-state index in [2.05, 4.69) is 15.6 Å². The Hall–Kier alpha value is -3.97. The van der Waals surface area contributed by atoms with Crippen molar-refractivity contribution in [2.45, 2.75) is 59.6 Å². The van der Waals surface area contributed by atoms with Gasteiger partial charge in [-0.3, -0.25) is 10.1 Å². The number of hydrogen-bond acceptors (Lipinski definition) is 5. The van der Waals surface area contributed by atoms with E-state index in [0.29, 0.717) is 36.1 Å². The summed E-state index contributed by atoms with van der Waals surface area (Å²) in [5.74, 6) is -0.467. The van der Waals surface area contributed by atoms with Gasteiger partial charge < -0.3 is 19.9 Å². The highest BCUT2D eigenvalue weighted by Gasteiger charge is 2.22. The maximum absolute atomic E-state index is 13.6. The molecule has 0 spiro atoms. The van der Waals surface area contributed by atoms with Gasteiger partial charge in [0.05, 0.1) is 22.2 Å². The largest absolute Gasteiger partial charge is 0.390 e. The first-order valence-electron chi connectivity index (χ1n) is 11.9. The lowest BCUT2D eigenvalue weighted by molar-refractivity contribution is -0.120. The first kappa shape index (κ1) is 27.6. The van der Waals surface area contributed by atoms with Gasteiger partial charge in [-0.2, -0.15) is 5.26 Å². The van der Waals surface area contributed by atoms with Crippen LogP contribution in [0.4, 0.5) is 26.5 Å². The predicted molar refractivity (Wildman–Crippen MR) is 142 cm³/mol. The number of aliphatic hydroxyl groups is 1. The summed E-state index contributed by atoms with van der Waals surface area (Å²) in [5.41, 5.74) is 0.902. The van der Waals surface area contributed by atoms with Crippen molar-refractivity contribution in [2.75, 3.05) is 22.6 Å². The van der Waals surface area contributed by atoms with Gasteiger partial charge >= 0.3 is 6.03 Å². The van der Waals surface area contributed by atoms with Crippen LogP contribution in [0.15, 0.2) is 36.4 Å². The first-order chi connectivity index (χ1) is 17.2. The third-order valence-electron chi connectivity index (χ3n) is 5.69. The average Bonchev–Trinajstić information content (AvgIpc) is 3.12. The van der Waals surface area contributed by atoms with Crippen LogP contribution in [0.5, 0.6) is 0 Å². The van der Waals surface area contributed by atoms with Crippen molar-refractivity contribution in [3.63, 3.8) is 0 Å². The molecule has 10 heteroatoms. The Morgan fingerprint density at radius 2 is 1.84 bits per heavy atom. The number of carbonyl (C=O) groups excluding carboxylic acids is 2. The highest BCUT2D eigenvalue weighted by atomic mass is 19.1.